The molecule has 1 aromatic carbocycles. The van der Waals surface area contributed by atoms with Crippen molar-refractivity contribution in [2.45, 2.75) is 44.4 Å². The first-order valence-electron chi connectivity index (χ1n) is 9.12. The highest BCUT2D eigenvalue weighted by Crippen LogP contribution is 2.38. The molecule has 0 unspecified atom stereocenters. The average molecular weight is 377 g/mol. The fourth-order valence-electron chi connectivity index (χ4n) is 4.16. The largest absolute Gasteiger partial charge is 0.380 e. The Morgan fingerprint density at radius 2 is 1.96 bits per heavy atom. The second-order valence-corrected chi connectivity index (χ2v) is 7.55. The van der Waals surface area contributed by atoms with Gasteiger partial charge in [0.1, 0.15) is 5.82 Å². The normalized spacial score (nSPS) is 23.2. The summed E-state index contributed by atoms with van der Waals surface area (Å²) < 4.78 is 22.6. The van der Waals surface area contributed by atoms with Crippen LogP contribution in [0.5, 0.6) is 0 Å². The van der Waals surface area contributed by atoms with Crippen molar-refractivity contribution < 1.29 is 9.13 Å². The van der Waals surface area contributed by atoms with Gasteiger partial charge in [0.25, 0.3) is 5.56 Å². The number of nitrogens with two attached hydrogens (primary N) is 2. The zero-order valence-corrected chi connectivity index (χ0v) is 15.4. The molecule has 8 nitrogen and oxygen atoms in total. The van der Waals surface area contributed by atoms with Gasteiger partial charge in [-0.05, 0) is 32.3 Å². The molecule has 0 amide bonds. The minimum Gasteiger partial charge on any atom is -0.380 e. The van der Waals surface area contributed by atoms with Crippen LogP contribution in [0.3, 0.4) is 0 Å². The number of hydrogen-bond acceptors (Lipinski definition) is 6. The molecule has 0 spiro atoms. The third-order valence-corrected chi connectivity index (χ3v) is 5.57. The molecule has 27 heavy (non-hydrogen) atoms. The smallest absolute Gasteiger partial charge is 0.350 e. The van der Waals surface area contributed by atoms with Crippen molar-refractivity contribution in [1.82, 2.24) is 9.24 Å². The standard InChI is InChI=1S/C18H24FN5O3/c1-9-15-13(17(25)24(21)18(26)23(15)11-3-4-11)6-14(19)16(9)22-7-10(20)5-12(8-22)27-2/h6,10-12H,3-5,7-8,20-21H2,1-2H3/t10-,12+/m0/s1. The minimum absolute atomic E-state index is 0.0113. The summed E-state index contributed by atoms with van der Waals surface area (Å²) in [5, 5.41) is 0.118. The highest BCUT2D eigenvalue weighted by atomic mass is 19.1. The van der Waals surface area contributed by atoms with Crippen molar-refractivity contribution in [3.8, 4) is 0 Å². The lowest BCUT2D eigenvalue weighted by molar-refractivity contribution is 0.0833. The lowest BCUT2D eigenvalue weighted by Crippen LogP contribution is -2.50. The molecule has 4 N–H and O–H groups in total. The summed E-state index contributed by atoms with van der Waals surface area (Å²) in [4.78, 5) is 27.0. The Balaban J connectivity index is 1.98. The summed E-state index contributed by atoms with van der Waals surface area (Å²) in [5.41, 5.74) is 6.24. The number of nitrogens with zero attached hydrogens (tertiary/aromatic N) is 3. The third kappa shape index (κ3) is 2.81. The first kappa shape index (κ1) is 18.0. The number of anilines is 1. The van der Waals surface area contributed by atoms with Crippen molar-refractivity contribution in [1.29, 1.82) is 0 Å². The number of aryl methyl sites for hydroxylation is 1. The zero-order chi connectivity index (χ0) is 19.5. The van der Waals surface area contributed by atoms with Gasteiger partial charge in [-0.15, -0.1) is 0 Å². The number of hydrogen-bond donors (Lipinski definition) is 2. The van der Waals surface area contributed by atoms with Gasteiger partial charge >= 0.3 is 5.69 Å². The molecular formula is C18H24FN5O3. The number of benzene rings is 1. The summed E-state index contributed by atoms with van der Waals surface area (Å²) in [7, 11) is 1.61. The monoisotopic (exact) mass is 377 g/mol. The second kappa shape index (κ2) is 6.35. The molecule has 2 fully saturated rings. The van der Waals surface area contributed by atoms with Crippen molar-refractivity contribution >= 4 is 16.6 Å². The summed E-state index contributed by atoms with van der Waals surface area (Å²) in [6.07, 6.45) is 2.26. The van der Waals surface area contributed by atoms with Gasteiger partial charge in [0.2, 0.25) is 0 Å². The molecule has 4 rings (SSSR count). The van der Waals surface area contributed by atoms with E-state index in [2.05, 4.69) is 0 Å². The molecule has 146 valence electrons. The van der Waals surface area contributed by atoms with Gasteiger partial charge in [-0.2, -0.15) is 4.68 Å². The van der Waals surface area contributed by atoms with E-state index in [1.54, 1.807) is 14.0 Å². The van der Waals surface area contributed by atoms with Crippen LogP contribution in [0.1, 0.15) is 30.9 Å². The van der Waals surface area contributed by atoms with Gasteiger partial charge in [0, 0.05) is 37.8 Å². The molecule has 1 aliphatic carbocycles. The van der Waals surface area contributed by atoms with E-state index in [1.165, 1.54) is 10.6 Å². The average Bonchev–Trinajstić information content (AvgIpc) is 3.45. The molecule has 2 atom stereocenters. The molecule has 1 aliphatic heterocycles. The summed E-state index contributed by atoms with van der Waals surface area (Å²) in [6.45, 7) is 2.71. The maximum atomic E-state index is 15.1. The molecule has 1 saturated heterocycles. The van der Waals surface area contributed by atoms with Crippen LogP contribution in [0.4, 0.5) is 10.1 Å². The van der Waals surface area contributed by atoms with E-state index in [4.69, 9.17) is 16.3 Å². The summed E-state index contributed by atoms with van der Waals surface area (Å²) >= 11 is 0. The van der Waals surface area contributed by atoms with Crippen LogP contribution < -0.4 is 27.7 Å². The Hall–Kier alpha value is -2.39. The Labute approximate surface area is 155 Å². The molecule has 0 radical (unpaired) electrons. The number of aromatic nitrogens is 2. The second-order valence-electron chi connectivity index (χ2n) is 7.55. The maximum absolute atomic E-state index is 15.1. The van der Waals surface area contributed by atoms with Crippen LogP contribution in [-0.4, -0.2) is 41.6 Å². The SMILES string of the molecule is CO[C@@H]1C[C@H](N)CN(c2c(F)cc3c(=O)n(N)c(=O)n(C4CC4)c3c2C)C1. The molecule has 2 heterocycles. The summed E-state index contributed by atoms with van der Waals surface area (Å²) in [5.74, 6) is 5.13. The Bertz CT molecular complexity index is 1030. The fourth-order valence-corrected chi connectivity index (χ4v) is 4.16. The van der Waals surface area contributed by atoms with Crippen LogP contribution in [0.25, 0.3) is 10.9 Å². The van der Waals surface area contributed by atoms with Crippen LogP contribution in [0, 0.1) is 12.7 Å². The molecule has 1 saturated carbocycles. The third-order valence-electron chi connectivity index (χ3n) is 5.57. The molecule has 9 heteroatoms. The van der Waals surface area contributed by atoms with E-state index in [0.717, 1.165) is 12.8 Å². The molecule has 2 aromatic rings. The number of ether oxygens (including phenoxy) is 1. The number of nitrogen functional groups attached to an aromatic ring is 1. The topological polar surface area (TPSA) is 109 Å². The quantitative estimate of drug-likeness (QED) is 0.741. The highest BCUT2D eigenvalue weighted by molar-refractivity contribution is 5.87. The van der Waals surface area contributed by atoms with Crippen LogP contribution in [0.15, 0.2) is 15.7 Å². The van der Waals surface area contributed by atoms with Gasteiger partial charge in [-0.3, -0.25) is 9.36 Å². The zero-order valence-electron chi connectivity index (χ0n) is 15.4. The molecule has 2 aliphatic rings. The minimum atomic E-state index is -0.689. The van der Waals surface area contributed by atoms with Crippen molar-refractivity contribution in [3.63, 3.8) is 0 Å². The first-order valence-corrected chi connectivity index (χ1v) is 9.12. The molecule has 1 aromatic heterocycles. The van der Waals surface area contributed by atoms with Crippen molar-refractivity contribution in [3.05, 3.63) is 38.3 Å². The van der Waals surface area contributed by atoms with Gasteiger partial charge in [-0.25, -0.2) is 9.18 Å². The van der Waals surface area contributed by atoms with Crippen molar-refractivity contribution in [2.24, 2.45) is 5.73 Å². The number of piperidine rings is 1. The van der Waals surface area contributed by atoms with E-state index in [0.29, 0.717) is 41.0 Å². The van der Waals surface area contributed by atoms with E-state index in [1.807, 2.05) is 4.90 Å². The first-order chi connectivity index (χ1) is 12.8. The van der Waals surface area contributed by atoms with Crippen molar-refractivity contribution in [2.75, 3.05) is 30.9 Å². The number of methoxy groups -OCH3 is 1. The van der Waals surface area contributed by atoms with Gasteiger partial charge in [-0.1, -0.05) is 0 Å². The number of rotatable bonds is 3. The van der Waals surface area contributed by atoms with Crippen LogP contribution in [-0.2, 0) is 4.74 Å². The predicted octanol–water partition coefficient (Wildman–Crippen LogP) is 0.212. The molecule has 0 bridgehead atoms. The van der Waals surface area contributed by atoms with Gasteiger partial charge in [0.15, 0.2) is 0 Å². The van der Waals surface area contributed by atoms with E-state index in [-0.39, 0.29) is 23.6 Å². The Kier molecular flexibility index (Phi) is 4.23. The van der Waals surface area contributed by atoms with E-state index < -0.39 is 17.1 Å². The maximum Gasteiger partial charge on any atom is 0.350 e. The predicted molar refractivity (Wildman–Crippen MR) is 101 cm³/mol. The van der Waals surface area contributed by atoms with Gasteiger partial charge in [0.05, 0.1) is 22.7 Å². The number of fused-ring (bicyclic) bond motifs is 1. The lowest BCUT2D eigenvalue weighted by Gasteiger charge is -2.38. The van der Waals surface area contributed by atoms with Gasteiger partial charge < -0.3 is 21.2 Å². The van der Waals surface area contributed by atoms with E-state index >= 15 is 4.39 Å². The van der Waals surface area contributed by atoms with Crippen LogP contribution in [0.2, 0.25) is 0 Å². The Morgan fingerprint density at radius 1 is 1.26 bits per heavy atom. The number of halogens is 1. The fraction of sp³-hybridized carbons (Fsp3) is 0.556. The summed E-state index contributed by atoms with van der Waals surface area (Å²) in [6, 6.07) is 1.02. The molecular weight excluding hydrogens is 353 g/mol. The lowest BCUT2D eigenvalue weighted by atomic mass is 10.0. The van der Waals surface area contributed by atoms with Crippen LogP contribution >= 0.6 is 0 Å². The highest BCUT2D eigenvalue weighted by Gasteiger charge is 2.32. The van der Waals surface area contributed by atoms with E-state index in [9.17, 15) is 9.59 Å². The Morgan fingerprint density at radius 3 is 2.59 bits per heavy atom.